The third-order valence-electron chi connectivity index (χ3n) is 4.17. The van der Waals surface area contributed by atoms with Crippen molar-refractivity contribution in [3.63, 3.8) is 0 Å². The summed E-state index contributed by atoms with van der Waals surface area (Å²) in [5.74, 6) is 0.735. The molecule has 0 atom stereocenters. The Balaban J connectivity index is 2.44. The summed E-state index contributed by atoms with van der Waals surface area (Å²) in [6.45, 7) is 8.80. The van der Waals surface area contributed by atoms with E-state index in [1.807, 2.05) is 19.9 Å². The fraction of sp³-hybridized carbons (Fsp3) is 0.625. The van der Waals surface area contributed by atoms with Gasteiger partial charge in [0.2, 0.25) is 0 Å². The number of hydrogen-bond acceptors (Lipinski definition) is 3. The van der Waals surface area contributed by atoms with E-state index < -0.39 is 0 Å². The van der Waals surface area contributed by atoms with Gasteiger partial charge in [-0.15, -0.1) is 0 Å². The van der Waals surface area contributed by atoms with Gasteiger partial charge < -0.3 is 9.47 Å². The molecule has 4 nitrogen and oxygen atoms in total. The van der Waals surface area contributed by atoms with Crippen molar-refractivity contribution in [1.29, 1.82) is 5.26 Å². The van der Waals surface area contributed by atoms with E-state index in [1.165, 1.54) is 0 Å². The highest BCUT2D eigenvalue weighted by Gasteiger charge is 2.21. The lowest BCUT2D eigenvalue weighted by Gasteiger charge is -2.33. The maximum absolute atomic E-state index is 12.5. The molecule has 20 heavy (non-hydrogen) atoms. The molecule has 2 heterocycles. The summed E-state index contributed by atoms with van der Waals surface area (Å²) in [7, 11) is 0. The number of nitriles is 1. The molecule has 4 heteroatoms. The SMILES string of the molecule is CCCn1c(C)cc(N2CCC(C)CC2)c(C#N)c1=O. The standard InChI is InChI=1S/C16H23N3O/c1-4-7-19-13(3)10-15(14(11-17)16(19)20)18-8-5-12(2)6-9-18/h10,12H,4-9H2,1-3H3. The molecule has 0 saturated carbocycles. The molecule has 1 fully saturated rings. The average molecular weight is 273 g/mol. The molecule has 1 aliphatic rings. The highest BCUT2D eigenvalue weighted by Crippen LogP contribution is 2.25. The van der Waals surface area contributed by atoms with E-state index in [1.54, 1.807) is 4.57 Å². The van der Waals surface area contributed by atoms with Crippen LogP contribution in [-0.2, 0) is 6.54 Å². The van der Waals surface area contributed by atoms with Crippen LogP contribution >= 0.6 is 0 Å². The fourth-order valence-corrected chi connectivity index (χ4v) is 2.86. The first kappa shape index (κ1) is 14.6. The van der Waals surface area contributed by atoms with Crippen molar-refractivity contribution in [1.82, 2.24) is 4.57 Å². The van der Waals surface area contributed by atoms with E-state index in [-0.39, 0.29) is 5.56 Å². The van der Waals surface area contributed by atoms with E-state index in [9.17, 15) is 10.1 Å². The molecule has 0 amide bonds. The number of rotatable bonds is 3. The van der Waals surface area contributed by atoms with Gasteiger partial charge in [-0.2, -0.15) is 5.26 Å². The monoisotopic (exact) mass is 273 g/mol. The van der Waals surface area contributed by atoms with Crippen LogP contribution in [0.1, 0.15) is 44.4 Å². The van der Waals surface area contributed by atoms with Gasteiger partial charge in [-0.3, -0.25) is 4.79 Å². The second-order valence-electron chi connectivity index (χ2n) is 5.78. The molecule has 108 valence electrons. The van der Waals surface area contributed by atoms with Crippen molar-refractivity contribution in [3.8, 4) is 6.07 Å². The summed E-state index contributed by atoms with van der Waals surface area (Å²) in [5.41, 5.74) is 1.94. The van der Waals surface area contributed by atoms with Gasteiger partial charge in [-0.25, -0.2) is 0 Å². The molecule has 2 rings (SSSR count). The molecule has 0 spiro atoms. The maximum atomic E-state index is 12.5. The minimum absolute atomic E-state index is 0.136. The van der Waals surface area contributed by atoms with E-state index in [0.29, 0.717) is 12.1 Å². The van der Waals surface area contributed by atoms with Gasteiger partial charge in [-0.1, -0.05) is 13.8 Å². The molecule has 0 N–H and O–H groups in total. The van der Waals surface area contributed by atoms with Crippen molar-refractivity contribution < 1.29 is 0 Å². The number of nitrogens with zero attached hydrogens (tertiary/aromatic N) is 3. The normalized spacial score (nSPS) is 16.2. The molecule has 1 aliphatic heterocycles. The Morgan fingerprint density at radius 2 is 2.05 bits per heavy atom. The van der Waals surface area contributed by atoms with Gasteiger partial charge in [0.1, 0.15) is 11.6 Å². The minimum atomic E-state index is -0.136. The van der Waals surface area contributed by atoms with Gasteiger partial charge in [-0.05, 0) is 38.2 Å². The summed E-state index contributed by atoms with van der Waals surface area (Å²) in [4.78, 5) is 14.7. The Labute approximate surface area is 120 Å². The Morgan fingerprint density at radius 1 is 1.40 bits per heavy atom. The Bertz CT molecular complexity index is 575. The van der Waals surface area contributed by atoms with E-state index in [4.69, 9.17) is 0 Å². The largest absolute Gasteiger partial charge is 0.370 e. The molecular formula is C16H23N3O. The van der Waals surface area contributed by atoms with Crippen LogP contribution in [0.15, 0.2) is 10.9 Å². The zero-order valence-electron chi connectivity index (χ0n) is 12.6. The van der Waals surface area contributed by atoms with Crippen LogP contribution in [0, 0.1) is 24.2 Å². The summed E-state index contributed by atoms with van der Waals surface area (Å²) >= 11 is 0. The average Bonchev–Trinajstić information content (AvgIpc) is 2.44. The van der Waals surface area contributed by atoms with Gasteiger partial charge in [0.25, 0.3) is 5.56 Å². The Kier molecular flexibility index (Phi) is 4.49. The quantitative estimate of drug-likeness (QED) is 0.850. The first-order chi connectivity index (χ1) is 9.58. The Morgan fingerprint density at radius 3 is 2.60 bits per heavy atom. The summed E-state index contributed by atoms with van der Waals surface area (Å²) < 4.78 is 1.72. The smallest absolute Gasteiger partial charge is 0.270 e. The second-order valence-corrected chi connectivity index (χ2v) is 5.78. The van der Waals surface area contributed by atoms with E-state index in [2.05, 4.69) is 17.9 Å². The molecule has 1 aromatic rings. The third-order valence-corrected chi connectivity index (χ3v) is 4.17. The molecule has 1 saturated heterocycles. The highest BCUT2D eigenvalue weighted by atomic mass is 16.1. The predicted octanol–water partition coefficient (Wildman–Crippen LogP) is 2.67. The van der Waals surface area contributed by atoms with E-state index in [0.717, 1.165) is 49.7 Å². The lowest BCUT2D eigenvalue weighted by atomic mass is 9.98. The van der Waals surface area contributed by atoms with Crippen LogP contribution in [0.3, 0.4) is 0 Å². The summed E-state index contributed by atoms with van der Waals surface area (Å²) in [6, 6.07) is 4.13. The van der Waals surface area contributed by atoms with Crippen molar-refractivity contribution in [3.05, 3.63) is 27.7 Å². The van der Waals surface area contributed by atoms with Crippen LogP contribution in [0.2, 0.25) is 0 Å². The van der Waals surface area contributed by atoms with Crippen molar-refractivity contribution in [2.75, 3.05) is 18.0 Å². The van der Waals surface area contributed by atoms with Gasteiger partial charge in [0.15, 0.2) is 0 Å². The number of aryl methyl sites for hydroxylation is 1. The van der Waals surface area contributed by atoms with Crippen LogP contribution in [-0.4, -0.2) is 17.7 Å². The highest BCUT2D eigenvalue weighted by molar-refractivity contribution is 5.59. The predicted molar refractivity (Wildman–Crippen MR) is 81.1 cm³/mol. The Hall–Kier alpha value is -1.76. The molecule has 0 bridgehead atoms. The van der Waals surface area contributed by atoms with Gasteiger partial charge in [0, 0.05) is 25.3 Å². The fourth-order valence-electron chi connectivity index (χ4n) is 2.86. The number of aromatic nitrogens is 1. The first-order valence-electron chi connectivity index (χ1n) is 7.48. The van der Waals surface area contributed by atoms with Crippen LogP contribution in [0.5, 0.6) is 0 Å². The molecule has 0 radical (unpaired) electrons. The minimum Gasteiger partial charge on any atom is -0.370 e. The molecular weight excluding hydrogens is 250 g/mol. The number of anilines is 1. The van der Waals surface area contributed by atoms with Crippen LogP contribution < -0.4 is 10.5 Å². The van der Waals surface area contributed by atoms with E-state index >= 15 is 0 Å². The molecule has 0 unspecified atom stereocenters. The first-order valence-corrected chi connectivity index (χ1v) is 7.48. The summed E-state index contributed by atoms with van der Waals surface area (Å²) in [6.07, 6.45) is 3.15. The van der Waals surface area contributed by atoms with Gasteiger partial charge in [0.05, 0.1) is 5.69 Å². The zero-order valence-corrected chi connectivity index (χ0v) is 12.6. The lowest BCUT2D eigenvalue weighted by Crippen LogP contribution is -2.36. The van der Waals surface area contributed by atoms with Crippen molar-refractivity contribution in [2.45, 2.75) is 46.6 Å². The molecule has 1 aromatic heterocycles. The van der Waals surface area contributed by atoms with Crippen LogP contribution in [0.25, 0.3) is 0 Å². The maximum Gasteiger partial charge on any atom is 0.270 e. The number of hydrogen-bond donors (Lipinski definition) is 0. The number of pyridine rings is 1. The van der Waals surface area contributed by atoms with Crippen LogP contribution in [0.4, 0.5) is 5.69 Å². The van der Waals surface area contributed by atoms with Gasteiger partial charge >= 0.3 is 0 Å². The summed E-state index contributed by atoms with van der Waals surface area (Å²) in [5, 5.41) is 9.38. The molecule has 0 aromatic carbocycles. The lowest BCUT2D eigenvalue weighted by molar-refractivity contribution is 0.438. The van der Waals surface area contributed by atoms with Crippen molar-refractivity contribution in [2.24, 2.45) is 5.92 Å². The third kappa shape index (κ3) is 2.72. The van der Waals surface area contributed by atoms with Crippen molar-refractivity contribution >= 4 is 5.69 Å². The topological polar surface area (TPSA) is 49.0 Å². The zero-order chi connectivity index (χ0) is 14.7. The second kappa shape index (κ2) is 6.13. The molecule has 0 aliphatic carbocycles. The number of piperidine rings is 1.